The summed E-state index contributed by atoms with van der Waals surface area (Å²) in [5.41, 5.74) is 4.82. The van der Waals surface area contributed by atoms with Crippen molar-refractivity contribution < 1.29 is 19.0 Å². The van der Waals surface area contributed by atoms with Gasteiger partial charge in [-0.3, -0.25) is 4.79 Å². The van der Waals surface area contributed by atoms with Crippen LogP contribution in [0.4, 0.5) is 5.69 Å². The minimum atomic E-state index is -0.293. The Morgan fingerprint density at radius 2 is 1.81 bits per heavy atom. The SMILES string of the molecule is COc1cc(C=NNC(=O)CNc2cccc(Cl)c2C)cc(OC)c1OC. The Morgan fingerprint density at radius 3 is 2.41 bits per heavy atom. The van der Waals surface area contributed by atoms with Crippen LogP contribution in [0.1, 0.15) is 11.1 Å². The molecular formula is C19H22ClN3O4. The normalized spacial score (nSPS) is 10.6. The fourth-order valence-electron chi connectivity index (χ4n) is 2.37. The van der Waals surface area contributed by atoms with Crippen LogP contribution in [0.3, 0.4) is 0 Å². The highest BCUT2D eigenvalue weighted by Gasteiger charge is 2.12. The molecule has 2 N–H and O–H groups in total. The number of nitrogens with zero attached hydrogens (tertiary/aromatic N) is 1. The van der Waals surface area contributed by atoms with Crippen LogP contribution in [-0.2, 0) is 4.79 Å². The lowest BCUT2D eigenvalue weighted by molar-refractivity contribution is -0.119. The summed E-state index contributed by atoms with van der Waals surface area (Å²) in [6.07, 6.45) is 1.49. The van der Waals surface area contributed by atoms with E-state index in [0.717, 1.165) is 11.3 Å². The molecule has 2 aromatic carbocycles. The lowest BCUT2D eigenvalue weighted by atomic mass is 10.2. The van der Waals surface area contributed by atoms with Crippen molar-refractivity contribution in [2.45, 2.75) is 6.92 Å². The highest BCUT2D eigenvalue weighted by Crippen LogP contribution is 2.37. The van der Waals surface area contributed by atoms with Crippen LogP contribution in [0.25, 0.3) is 0 Å². The van der Waals surface area contributed by atoms with E-state index in [0.29, 0.717) is 27.8 Å². The molecule has 0 aromatic heterocycles. The van der Waals surface area contributed by atoms with Crippen molar-refractivity contribution in [3.05, 3.63) is 46.5 Å². The first-order valence-electron chi connectivity index (χ1n) is 8.11. The van der Waals surface area contributed by atoms with E-state index < -0.39 is 0 Å². The summed E-state index contributed by atoms with van der Waals surface area (Å²) in [6.45, 7) is 1.94. The maximum Gasteiger partial charge on any atom is 0.259 e. The molecule has 27 heavy (non-hydrogen) atoms. The van der Waals surface area contributed by atoms with Crippen LogP contribution in [0.5, 0.6) is 17.2 Å². The van der Waals surface area contributed by atoms with E-state index >= 15 is 0 Å². The Balaban J connectivity index is 1.98. The average molecular weight is 392 g/mol. The molecule has 0 fully saturated rings. The summed E-state index contributed by atoms with van der Waals surface area (Å²) in [5, 5.41) is 7.62. The van der Waals surface area contributed by atoms with Crippen molar-refractivity contribution in [2.75, 3.05) is 33.2 Å². The minimum absolute atomic E-state index is 0.0633. The van der Waals surface area contributed by atoms with E-state index in [2.05, 4.69) is 15.8 Å². The molecule has 0 saturated heterocycles. The molecule has 0 saturated carbocycles. The van der Waals surface area contributed by atoms with Gasteiger partial charge in [0.15, 0.2) is 11.5 Å². The number of hydrogen-bond acceptors (Lipinski definition) is 6. The maximum atomic E-state index is 12.0. The standard InChI is InChI=1S/C19H22ClN3O4/c1-12-14(20)6-5-7-15(12)21-11-18(24)23-22-10-13-8-16(25-2)19(27-4)17(9-13)26-3/h5-10,21H,11H2,1-4H3,(H,23,24). The van der Waals surface area contributed by atoms with Crippen LogP contribution in [-0.4, -0.2) is 40.0 Å². The Morgan fingerprint density at radius 1 is 1.15 bits per heavy atom. The summed E-state index contributed by atoms with van der Waals surface area (Å²) >= 11 is 6.06. The maximum absolute atomic E-state index is 12.0. The smallest absolute Gasteiger partial charge is 0.259 e. The fraction of sp³-hybridized carbons (Fsp3) is 0.263. The average Bonchev–Trinajstić information content (AvgIpc) is 2.68. The summed E-state index contributed by atoms with van der Waals surface area (Å²) in [6, 6.07) is 8.92. The van der Waals surface area contributed by atoms with E-state index in [-0.39, 0.29) is 12.5 Å². The number of halogens is 1. The van der Waals surface area contributed by atoms with Gasteiger partial charge in [0.2, 0.25) is 5.75 Å². The Bertz CT molecular complexity index is 815. The summed E-state index contributed by atoms with van der Waals surface area (Å²) in [4.78, 5) is 12.0. The Labute approximate surface area is 163 Å². The lowest BCUT2D eigenvalue weighted by Gasteiger charge is -2.12. The van der Waals surface area contributed by atoms with Gasteiger partial charge in [0.25, 0.3) is 5.91 Å². The number of carbonyl (C=O) groups excluding carboxylic acids is 1. The van der Waals surface area contributed by atoms with Crippen molar-refractivity contribution in [3.63, 3.8) is 0 Å². The van der Waals surface area contributed by atoms with Crippen molar-refractivity contribution in [1.29, 1.82) is 0 Å². The van der Waals surface area contributed by atoms with Gasteiger partial charge in [0.05, 0.1) is 34.1 Å². The predicted octanol–water partition coefficient (Wildman–Crippen LogP) is 3.24. The molecule has 7 nitrogen and oxygen atoms in total. The van der Waals surface area contributed by atoms with Gasteiger partial charge in [-0.2, -0.15) is 5.10 Å². The predicted molar refractivity (Wildman–Crippen MR) is 107 cm³/mol. The third-order valence-corrected chi connectivity index (χ3v) is 4.21. The summed E-state index contributed by atoms with van der Waals surface area (Å²) in [7, 11) is 4.59. The zero-order chi connectivity index (χ0) is 19.8. The molecule has 0 aliphatic heterocycles. The number of hydrazone groups is 1. The summed E-state index contributed by atoms with van der Waals surface area (Å²) < 4.78 is 15.8. The van der Waals surface area contributed by atoms with Gasteiger partial charge in [0.1, 0.15) is 0 Å². The molecule has 1 amide bonds. The first-order valence-corrected chi connectivity index (χ1v) is 8.48. The zero-order valence-corrected chi connectivity index (χ0v) is 16.4. The van der Waals surface area contributed by atoms with E-state index in [1.54, 1.807) is 18.2 Å². The molecule has 144 valence electrons. The van der Waals surface area contributed by atoms with Gasteiger partial charge in [0, 0.05) is 16.3 Å². The molecule has 0 spiro atoms. The van der Waals surface area contributed by atoms with Gasteiger partial charge in [-0.25, -0.2) is 5.43 Å². The quantitative estimate of drug-likeness (QED) is 0.533. The van der Waals surface area contributed by atoms with Crippen LogP contribution >= 0.6 is 11.6 Å². The second-order valence-corrected chi connectivity index (χ2v) is 5.93. The number of anilines is 1. The number of hydrogen-bond donors (Lipinski definition) is 2. The molecule has 0 heterocycles. The van der Waals surface area contributed by atoms with Gasteiger partial charge < -0.3 is 19.5 Å². The number of rotatable bonds is 8. The monoisotopic (exact) mass is 391 g/mol. The van der Waals surface area contributed by atoms with Crippen LogP contribution in [0.15, 0.2) is 35.4 Å². The minimum Gasteiger partial charge on any atom is -0.493 e. The van der Waals surface area contributed by atoms with Crippen molar-refractivity contribution in [1.82, 2.24) is 5.43 Å². The second kappa shape index (κ2) is 9.68. The fourth-order valence-corrected chi connectivity index (χ4v) is 2.54. The Hall–Kier alpha value is -2.93. The van der Waals surface area contributed by atoms with Crippen molar-refractivity contribution >= 4 is 29.4 Å². The molecule has 2 rings (SSSR count). The topological polar surface area (TPSA) is 81.2 Å². The van der Waals surface area contributed by atoms with E-state index in [1.807, 2.05) is 19.1 Å². The highest BCUT2D eigenvalue weighted by atomic mass is 35.5. The third kappa shape index (κ3) is 5.27. The van der Waals surface area contributed by atoms with Gasteiger partial charge in [-0.1, -0.05) is 17.7 Å². The van der Waals surface area contributed by atoms with E-state index in [1.165, 1.54) is 27.5 Å². The zero-order valence-electron chi connectivity index (χ0n) is 15.6. The van der Waals surface area contributed by atoms with Crippen LogP contribution < -0.4 is 25.0 Å². The van der Waals surface area contributed by atoms with E-state index in [4.69, 9.17) is 25.8 Å². The molecule has 0 aliphatic carbocycles. The van der Waals surface area contributed by atoms with Crippen molar-refractivity contribution in [2.24, 2.45) is 5.10 Å². The highest BCUT2D eigenvalue weighted by molar-refractivity contribution is 6.31. The van der Waals surface area contributed by atoms with Crippen LogP contribution in [0.2, 0.25) is 5.02 Å². The molecule has 8 heteroatoms. The first kappa shape index (κ1) is 20.4. The molecule has 0 radical (unpaired) electrons. The molecule has 0 bridgehead atoms. The van der Waals surface area contributed by atoms with Crippen LogP contribution in [0, 0.1) is 6.92 Å². The van der Waals surface area contributed by atoms with Crippen molar-refractivity contribution in [3.8, 4) is 17.2 Å². The third-order valence-electron chi connectivity index (χ3n) is 3.80. The number of carbonyl (C=O) groups is 1. The number of amides is 1. The number of methoxy groups -OCH3 is 3. The number of ether oxygens (including phenoxy) is 3. The largest absolute Gasteiger partial charge is 0.493 e. The number of nitrogens with one attached hydrogen (secondary N) is 2. The summed E-state index contributed by atoms with van der Waals surface area (Å²) in [5.74, 6) is 1.20. The van der Waals surface area contributed by atoms with Gasteiger partial charge in [-0.15, -0.1) is 0 Å². The molecule has 2 aromatic rings. The van der Waals surface area contributed by atoms with Gasteiger partial charge in [-0.05, 0) is 36.8 Å². The first-order chi connectivity index (χ1) is 13.0. The Kier molecular flexibility index (Phi) is 7.31. The molecule has 0 aliphatic rings. The van der Waals surface area contributed by atoms with Gasteiger partial charge >= 0.3 is 0 Å². The second-order valence-electron chi connectivity index (χ2n) is 5.52. The molecule has 0 atom stereocenters. The molecular weight excluding hydrogens is 370 g/mol. The van der Waals surface area contributed by atoms with E-state index in [9.17, 15) is 4.79 Å². The lowest BCUT2D eigenvalue weighted by Crippen LogP contribution is -2.26. The number of benzene rings is 2. The molecule has 0 unspecified atom stereocenters.